The monoisotopic (exact) mass is 491 g/mol. The lowest BCUT2D eigenvalue weighted by atomic mass is 10.2. The van der Waals surface area contributed by atoms with Gasteiger partial charge in [-0.2, -0.15) is 0 Å². The van der Waals surface area contributed by atoms with Crippen LogP contribution in [0.3, 0.4) is 0 Å². The van der Waals surface area contributed by atoms with Gasteiger partial charge in [-0.15, -0.1) is 0 Å². The Labute approximate surface area is 197 Å². The summed E-state index contributed by atoms with van der Waals surface area (Å²) in [5.74, 6) is -0.324. The molecule has 1 aliphatic carbocycles. The maximum absolute atomic E-state index is 13.1. The molecule has 1 fully saturated rings. The van der Waals surface area contributed by atoms with E-state index in [1.165, 1.54) is 4.90 Å². The summed E-state index contributed by atoms with van der Waals surface area (Å²) >= 11 is 0. The molecule has 11 heteroatoms. The van der Waals surface area contributed by atoms with Gasteiger partial charge in [0, 0.05) is 12.6 Å². The standard InChI is InChI=1S/C23H26FN3O6S/c24-17-6-8-19(9-7-17)34(30,31)25-12-23(29)27(14-22(28)26-18-3-1-2-4-18)13-16-5-10-20-21(11-16)33-15-32-20/h5-11,18,25H,1-4,12-15H2,(H,26,28). The maximum atomic E-state index is 13.1. The van der Waals surface area contributed by atoms with Gasteiger partial charge in [0.15, 0.2) is 11.5 Å². The van der Waals surface area contributed by atoms with Gasteiger partial charge in [0.1, 0.15) is 5.82 Å². The Balaban J connectivity index is 1.44. The van der Waals surface area contributed by atoms with Crippen molar-refractivity contribution in [3.63, 3.8) is 0 Å². The number of nitrogens with one attached hydrogen (secondary N) is 2. The lowest BCUT2D eigenvalue weighted by Gasteiger charge is -2.24. The van der Waals surface area contributed by atoms with Crippen molar-refractivity contribution in [2.45, 2.75) is 43.2 Å². The van der Waals surface area contributed by atoms with E-state index in [4.69, 9.17) is 9.47 Å². The minimum absolute atomic E-state index is 0.0752. The molecule has 2 aliphatic rings. The Kier molecular flexibility index (Phi) is 7.32. The topological polar surface area (TPSA) is 114 Å². The van der Waals surface area contributed by atoms with Crippen molar-refractivity contribution in [3.8, 4) is 11.5 Å². The first-order valence-electron chi connectivity index (χ1n) is 11.0. The molecule has 1 saturated carbocycles. The van der Waals surface area contributed by atoms with Crippen molar-refractivity contribution in [1.29, 1.82) is 0 Å². The summed E-state index contributed by atoms with van der Waals surface area (Å²) in [6, 6.07) is 9.56. The average Bonchev–Trinajstić information content (AvgIpc) is 3.49. The molecule has 2 amide bonds. The molecule has 2 aromatic rings. The highest BCUT2D eigenvalue weighted by Gasteiger charge is 2.24. The van der Waals surface area contributed by atoms with Crippen LogP contribution in [-0.2, 0) is 26.2 Å². The van der Waals surface area contributed by atoms with Crippen molar-refractivity contribution in [2.24, 2.45) is 0 Å². The Hall–Kier alpha value is -3.18. The summed E-state index contributed by atoms with van der Waals surface area (Å²) in [5, 5.41) is 2.94. The van der Waals surface area contributed by atoms with Crippen LogP contribution in [0.25, 0.3) is 0 Å². The molecule has 0 atom stereocenters. The highest BCUT2D eigenvalue weighted by atomic mass is 32.2. The zero-order chi connectivity index (χ0) is 24.1. The SMILES string of the molecule is O=C(CN(Cc1ccc2c(c1)OCO2)C(=O)CNS(=O)(=O)c1ccc(F)cc1)NC1CCCC1. The fourth-order valence-electron chi connectivity index (χ4n) is 3.97. The highest BCUT2D eigenvalue weighted by molar-refractivity contribution is 7.89. The van der Waals surface area contributed by atoms with Crippen molar-refractivity contribution >= 4 is 21.8 Å². The van der Waals surface area contributed by atoms with Gasteiger partial charge in [-0.3, -0.25) is 9.59 Å². The van der Waals surface area contributed by atoms with Crippen LogP contribution in [-0.4, -0.2) is 51.1 Å². The van der Waals surface area contributed by atoms with Crippen LogP contribution in [0.15, 0.2) is 47.4 Å². The minimum atomic E-state index is -4.03. The molecule has 1 heterocycles. The second kappa shape index (κ2) is 10.4. The van der Waals surface area contributed by atoms with Gasteiger partial charge in [0.2, 0.25) is 28.6 Å². The molecule has 2 N–H and O–H groups in total. The van der Waals surface area contributed by atoms with Crippen LogP contribution in [0.2, 0.25) is 0 Å². The molecular formula is C23H26FN3O6S. The smallest absolute Gasteiger partial charge is 0.241 e. The minimum Gasteiger partial charge on any atom is -0.454 e. The predicted octanol–water partition coefficient (Wildman–Crippen LogP) is 1.92. The predicted molar refractivity (Wildman–Crippen MR) is 120 cm³/mol. The first kappa shape index (κ1) is 24.0. The van der Waals surface area contributed by atoms with E-state index in [1.54, 1.807) is 18.2 Å². The number of hydrogen-bond donors (Lipinski definition) is 2. The molecule has 4 rings (SSSR count). The van der Waals surface area contributed by atoms with Crippen LogP contribution in [0.1, 0.15) is 31.2 Å². The van der Waals surface area contributed by atoms with Gasteiger partial charge in [0.05, 0.1) is 18.0 Å². The third kappa shape index (κ3) is 6.03. The maximum Gasteiger partial charge on any atom is 0.241 e. The molecule has 0 unspecified atom stereocenters. The van der Waals surface area contributed by atoms with Crippen molar-refractivity contribution in [3.05, 3.63) is 53.8 Å². The molecule has 0 bridgehead atoms. The number of hydrogen-bond acceptors (Lipinski definition) is 6. The van der Waals surface area contributed by atoms with Gasteiger partial charge in [-0.25, -0.2) is 17.5 Å². The summed E-state index contributed by atoms with van der Waals surface area (Å²) in [5.41, 5.74) is 0.702. The van der Waals surface area contributed by atoms with E-state index in [9.17, 15) is 22.4 Å². The van der Waals surface area contributed by atoms with Crippen molar-refractivity contribution in [1.82, 2.24) is 14.9 Å². The Morgan fingerprint density at radius 2 is 1.74 bits per heavy atom. The lowest BCUT2D eigenvalue weighted by Crippen LogP contribution is -2.46. The van der Waals surface area contributed by atoms with Crippen molar-refractivity contribution in [2.75, 3.05) is 19.9 Å². The number of sulfonamides is 1. The zero-order valence-electron chi connectivity index (χ0n) is 18.5. The Bertz CT molecular complexity index is 1150. The van der Waals surface area contributed by atoms with Crippen LogP contribution >= 0.6 is 0 Å². The molecule has 0 aromatic heterocycles. The first-order valence-corrected chi connectivity index (χ1v) is 12.5. The normalized spacial score (nSPS) is 15.3. The molecular weight excluding hydrogens is 465 g/mol. The Morgan fingerprint density at radius 3 is 2.47 bits per heavy atom. The number of benzene rings is 2. The largest absolute Gasteiger partial charge is 0.454 e. The molecule has 34 heavy (non-hydrogen) atoms. The molecule has 2 aromatic carbocycles. The average molecular weight is 492 g/mol. The number of halogens is 1. The number of fused-ring (bicyclic) bond motifs is 1. The number of rotatable bonds is 9. The second-order valence-electron chi connectivity index (χ2n) is 8.26. The van der Waals surface area contributed by atoms with E-state index in [-0.39, 0.29) is 36.7 Å². The van der Waals surface area contributed by atoms with Gasteiger partial charge in [-0.1, -0.05) is 18.9 Å². The molecule has 9 nitrogen and oxygen atoms in total. The molecule has 0 radical (unpaired) electrons. The molecule has 0 saturated heterocycles. The first-order chi connectivity index (χ1) is 16.3. The van der Waals surface area contributed by atoms with Gasteiger partial charge in [-0.05, 0) is 54.8 Å². The fraction of sp³-hybridized carbons (Fsp3) is 0.391. The van der Waals surface area contributed by atoms with Crippen LogP contribution < -0.4 is 19.5 Å². The van der Waals surface area contributed by atoms with E-state index < -0.39 is 28.3 Å². The number of nitrogens with zero attached hydrogens (tertiary/aromatic N) is 1. The number of carbonyl (C=O) groups excluding carboxylic acids is 2. The molecule has 1 aliphatic heterocycles. The fourth-order valence-corrected chi connectivity index (χ4v) is 4.95. The number of ether oxygens (including phenoxy) is 2. The van der Waals surface area contributed by atoms with Gasteiger partial charge in [0.25, 0.3) is 0 Å². The lowest BCUT2D eigenvalue weighted by molar-refractivity contribution is -0.135. The van der Waals surface area contributed by atoms with Crippen molar-refractivity contribution < 1.29 is 31.9 Å². The van der Waals surface area contributed by atoms with Crippen LogP contribution in [0.5, 0.6) is 11.5 Å². The number of amides is 2. The van der Waals surface area contributed by atoms with E-state index >= 15 is 0 Å². The Morgan fingerprint density at radius 1 is 1.03 bits per heavy atom. The third-order valence-electron chi connectivity index (χ3n) is 5.76. The van der Waals surface area contributed by atoms with Crippen LogP contribution in [0.4, 0.5) is 4.39 Å². The third-order valence-corrected chi connectivity index (χ3v) is 7.17. The van der Waals surface area contributed by atoms with Gasteiger partial charge >= 0.3 is 0 Å². The summed E-state index contributed by atoms with van der Waals surface area (Å²) in [6.07, 6.45) is 3.91. The zero-order valence-corrected chi connectivity index (χ0v) is 19.3. The van der Waals surface area contributed by atoms with Crippen LogP contribution in [0, 0.1) is 5.82 Å². The summed E-state index contributed by atoms with van der Waals surface area (Å²) in [7, 11) is -4.03. The van der Waals surface area contributed by atoms with E-state index in [2.05, 4.69) is 10.0 Å². The van der Waals surface area contributed by atoms with E-state index in [0.29, 0.717) is 17.1 Å². The second-order valence-corrected chi connectivity index (χ2v) is 10.0. The summed E-state index contributed by atoms with van der Waals surface area (Å²) in [4.78, 5) is 26.7. The molecule has 182 valence electrons. The summed E-state index contributed by atoms with van der Waals surface area (Å²) in [6.45, 7) is -0.592. The highest BCUT2D eigenvalue weighted by Crippen LogP contribution is 2.32. The number of carbonyl (C=O) groups is 2. The van der Waals surface area contributed by atoms with E-state index in [1.807, 2.05) is 0 Å². The summed E-state index contributed by atoms with van der Waals surface area (Å²) < 4.78 is 51.0. The molecule has 0 spiro atoms. The quantitative estimate of drug-likeness (QED) is 0.554. The van der Waals surface area contributed by atoms with E-state index in [0.717, 1.165) is 49.9 Å². The van der Waals surface area contributed by atoms with Gasteiger partial charge < -0.3 is 19.7 Å².